The zero-order chi connectivity index (χ0) is 12.3. The third-order valence-corrected chi connectivity index (χ3v) is 3.39. The first-order valence-corrected chi connectivity index (χ1v) is 6.43. The third-order valence-electron chi connectivity index (χ3n) is 2.50. The number of nitriles is 1. The standard InChI is InChI=1S/C14H14N2S/c1-10-5-11(2)7-12(6-10)8-14-16-13(3-4-15)9-17-14/h5-7,9H,3,8H2,1-2H3. The van der Waals surface area contributed by atoms with Gasteiger partial charge in [-0.3, -0.25) is 0 Å². The lowest BCUT2D eigenvalue weighted by atomic mass is 10.1. The molecular formula is C14H14N2S. The highest BCUT2D eigenvalue weighted by atomic mass is 32.1. The lowest BCUT2D eigenvalue weighted by molar-refractivity contribution is 1.06. The lowest BCUT2D eigenvalue weighted by Gasteiger charge is -2.02. The van der Waals surface area contributed by atoms with Gasteiger partial charge in [-0.05, 0) is 19.4 Å². The molecule has 3 heteroatoms. The Hall–Kier alpha value is -1.66. The van der Waals surface area contributed by atoms with Crippen LogP contribution in [0.4, 0.5) is 0 Å². The van der Waals surface area contributed by atoms with Crippen LogP contribution >= 0.6 is 11.3 Å². The van der Waals surface area contributed by atoms with Gasteiger partial charge in [0.2, 0.25) is 0 Å². The number of rotatable bonds is 3. The molecule has 1 aromatic carbocycles. The zero-order valence-electron chi connectivity index (χ0n) is 10.0. The summed E-state index contributed by atoms with van der Waals surface area (Å²) in [7, 11) is 0. The van der Waals surface area contributed by atoms with Crippen LogP contribution in [-0.4, -0.2) is 4.98 Å². The van der Waals surface area contributed by atoms with Crippen molar-refractivity contribution in [2.75, 3.05) is 0 Å². The number of hydrogen-bond donors (Lipinski definition) is 0. The van der Waals surface area contributed by atoms with Gasteiger partial charge in [0.25, 0.3) is 0 Å². The van der Waals surface area contributed by atoms with E-state index in [0.717, 1.165) is 17.1 Å². The predicted octanol–water partition coefficient (Wildman–Crippen LogP) is 3.42. The highest BCUT2D eigenvalue weighted by molar-refractivity contribution is 7.09. The Bertz CT molecular complexity index is 544. The van der Waals surface area contributed by atoms with Crippen LogP contribution in [0.5, 0.6) is 0 Å². The number of aromatic nitrogens is 1. The molecule has 0 aliphatic carbocycles. The highest BCUT2D eigenvalue weighted by Crippen LogP contribution is 2.17. The second-order valence-electron chi connectivity index (χ2n) is 4.24. The fourth-order valence-corrected chi connectivity index (χ4v) is 2.77. The second kappa shape index (κ2) is 5.11. The van der Waals surface area contributed by atoms with Gasteiger partial charge in [0.05, 0.1) is 23.2 Å². The van der Waals surface area contributed by atoms with Gasteiger partial charge in [-0.25, -0.2) is 4.98 Å². The molecule has 17 heavy (non-hydrogen) atoms. The minimum Gasteiger partial charge on any atom is -0.245 e. The van der Waals surface area contributed by atoms with E-state index in [-0.39, 0.29) is 0 Å². The van der Waals surface area contributed by atoms with Crippen LogP contribution in [0.3, 0.4) is 0 Å². The van der Waals surface area contributed by atoms with E-state index >= 15 is 0 Å². The molecule has 2 rings (SSSR count). The molecular weight excluding hydrogens is 228 g/mol. The Morgan fingerprint density at radius 1 is 1.24 bits per heavy atom. The van der Waals surface area contributed by atoms with Crippen molar-refractivity contribution in [2.45, 2.75) is 26.7 Å². The van der Waals surface area contributed by atoms with Crippen molar-refractivity contribution in [3.05, 3.63) is 51.0 Å². The summed E-state index contributed by atoms with van der Waals surface area (Å²) in [6, 6.07) is 8.68. The first-order chi connectivity index (χ1) is 8.17. The topological polar surface area (TPSA) is 36.7 Å². The fourth-order valence-electron chi connectivity index (χ4n) is 1.94. The van der Waals surface area contributed by atoms with E-state index in [9.17, 15) is 0 Å². The van der Waals surface area contributed by atoms with Crippen LogP contribution in [0.1, 0.15) is 27.4 Å². The average Bonchev–Trinajstić information content (AvgIpc) is 2.64. The molecule has 0 saturated heterocycles. The minimum absolute atomic E-state index is 0.406. The molecule has 86 valence electrons. The molecule has 2 aromatic rings. The van der Waals surface area contributed by atoms with Gasteiger partial charge in [0, 0.05) is 11.8 Å². The van der Waals surface area contributed by atoms with E-state index in [1.807, 2.05) is 5.38 Å². The molecule has 0 radical (unpaired) electrons. The van der Waals surface area contributed by atoms with Gasteiger partial charge in [-0.2, -0.15) is 5.26 Å². The van der Waals surface area contributed by atoms with Crippen LogP contribution in [0.25, 0.3) is 0 Å². The van der Waals surface area contributed by atoms with E-state index in [1.165, 1.54) is 16.7 Å². The normalized spacial score (nSPS) is 10.2. The minimum atomic E-state index is 0.406. The average molecular weight is 242 g/mol. The van der Waals surface area contributed by atoms with Crippen molar-refractivity contribution in [1.82, 2.24) is 4.98 Å². The number of thiazole rings is 1. The summed E-state index contributed by atoms with van der Waals surface area (Å²) in [5.74, 6) is 0. The number of hydrogen-bond acceptors (Lipinski definition) is 3. The van der Waals surface area contributed by atoms with Crippen LogP contribution in [0, 0.1) is 25.2 Å². The Morgan fingerprint density at radius 3 is 2.59 bits per heavy atom. The summed E-state index contributed by atoms with van der Waals surface area (Å²) in [6.07, 6.45) is 1.27. The van der Waals surface area contributed by atoms with Gasteiger partial charge in [0.15, 0.2) is 0 Å². The van der Waals surface area contributed by atoms with Crippen LogP contribution < -0.4 is 0 Å². The quantitative estimate of drug-likeness (QED) is 0.827. The van der Waals surface area contributed by atoms with E-state index in [4.69, 9.17) is 5.26 Å². The monoisotopic (exact) mass is 242 g/mol. The summed E-state index contributed by atoms with van der Waals surface area (Å²) in [4.78, 5) is 4.45. The molecule has 0 unspecified atom stereocenters. The van der Waals surface area contributed by atoms with Gasteiger partial charge < -0.3 is 0 Å². The van der Waals surface area contributed by atoms with E-state index in [1.54, 1.807) is 11.3 Å². The molecule has 0 aliphatic heterocycles. The summed E-state index contributed by atoms with van der Waals surface area (Å²) in [5, 5.41) is 11.7. The summed E-state index contributed by atoms with van der Waals surface area (Å²) >= 11 is 1.63. The van der Waals surface area contributed by atoms with Crippen LogP contribution in [-0.2, 0) is 12.8 Å². The highest BCUT2D eigenvalue weighted by Gasteiger charge is 2.04. The SMILES string of the molecule is Cc1cc(C)cc(Cc2nc(CC#N)cs2)c1. The molecule has 1 aromatic heterocycles. The summed E-state index contributed by atoms with van der Waals surface area (Å²) in [5.41, 5.74) is 4.75. The second-order valence-corrected chi connectivity index (χ2v) is 5.18. The lowest BCUT2D eigenvalue weighted by Crippen LogP contribution is -1.91. The van der Waals surface area contributed by atoms with Crippen LogP contribution in [0.2, 0.25) is 0 Å². The Kier molecular flexibility index (Phi) is 3.55. The van der Waals surface area contributed by atoms with Gasteiger partial charge >= 0.3 is 0 Å². The fraction of sp³-hybridized carbons (Fsp3) is 0.286. The van der Waals surface area contributed by atoms with Crippen molar-refractivity contribution in [2.24, 2.45) is 0 Å². The van der Waals surface area contributed by atoms with Crippen molar-refractivity contribution >= 4 is 11.3 Å². The van der Waals surface area contributed by atoms with Crippen LogP contribution in [0.15, 0.2) is 23.6 Å². The maximum absolute atomic E-state index is 8.61. The van der Waals surface area contributed by atoms with E-state index < -0.39 is 0 Å². The Labute approximate surface area is 106 Å². The molecule has 0 bridgehead atoms. The first kappa shape index (κ1) is 11.8. The number of benzene rings is 1. The van der Waals surface area contributed by atoms with Crippen molar-refractivity contribution < 1.29 is 0 Å². The Balaban J connectivity index is 2.17. The molecule has 0 spiro atoms. The van der Waals surface area contributed by atoms with Crippen molar-refractivity contribution in [3.8, 4) is 6.07 Å². The molecule has 0 N–H and O–H groups in total. The Morgan fingerprint density at radius 2 is 1.94 bits per heavy atom. The van der Waals surface area contributed by atoms with Gasteiger partial charge in [-0.15, -0.1) is 11.3 Å². The number of nitrogens with zero attached hydrogens (tertiary/aromatic N) is 2. The third kappa shape index (κ3) is 3.15. The van der Waals surface area contributed by atoms with E-state index in [0.29, 0.717) is 6.42 Å². The van der Waals surface area contributed by atoms with Gasteiger partial charge in [0.1, 0.15) is 0 Å². The molecule has 0 fully saturated rings. The molecule has 1 heterocycles. The summed E-state index contributed by atoms with van der Waals surface area (Å²) in [6.45, 7) is 4.22. The maximum Gasteiger partial charge on any atom is 0.0972 e. The van der Waals surface area contributed by atoms with E-state index in [2.05, 4.69) is 43.1 Å². The summed E-state index contributed by atoms with van der Waals surface area (Å²) < 4.78 is 0. The molecule has 0 saturated carbocycles. The van der Waals surface area contributed by atoms with Crippen molar-refractivity contribution in [3.63, 3.8) is 0 Å². The van der Waals surface area contributed by atoms with Crippen molar-refractivity contribution in [1.29, 1.82) is 5.26 Å². The molecule has 2 nitrogen and oxygen atoms in total. The smallest absolute Gasteiger partial charge is 0.0972 e. The first-order valence-electron chi connectivity index (χ1n) is 5.55. The largest absolute Gasteiger partial charge is 0.245 e. The maximum atomic E-state index is 8.61. The molecule has 0 aliphatic rings. The molecule has 0 amide bonds. The molecule has 0 atom stereocenters. The van der Waals surface area contributed by atoms with Gasteiger partial charge in [-0.1, -0.05) is 29.3 Å². The predicted molar refractivity (Wildman–Crippen MR) is 70.2 cm³/mol. The zero-order valence-corrected chi connectivity index (χ0v) is 10.8. The number of aryl methyl sites for hydroxylation is 2.